The number of amides is 2. The van der Waals surface area contributed by atoms with Gasteiger partial charge in [-0.25, -0.2) is 14.8 Å². The van der Waals surface area contributed by atoms with Gasteiger partial charge in [0.05, 0.1) is 18.7 Å². The Morgan fingerprint density at radius 2 is 1.86 bits per heavy atom. The van der Waals surface area contributed by atoms with Crippen molar-refractivity contribution in [2.75, 3.05) is 6.54 Å². The van der Waals surface area contributed by atoms with E-state index >= 15 is 0 Å². The molecule has 11 nitrogen and oxygen atoms in total. The van der Waals surface area contributed by atoms with Crippen molar-refractivity contribution < 1.29 is 19.5 Å². The lowest BCUT2D eigenvalue weighted by Crippen LogP contribution is -2.55. The molecule has 0 spiro atoms. The van der Waals surface area contributed by atoms with Crippen LogP contribution in [-0.4, -0.2) is 72.4 Å². The molecule has 11 heteroatoms. The summed E-state index contributed by atoms with van der Waals surface area (Å²) in [5.74, 6) is -1.99. The van der Waals surface area contributed by atoms with Crippen LogP contribution in [-0.2, 0) is 27.2 Å². The second-order valence-electron chi connectivity index (χ2n) is 6.76. The van der Waals surface area contributed by atoms with Gasteiger partial charge in [0.25, 0.3) is 0 Å². The maximum Gasteiger partial charge on any atom is 0.326 e. The number of rotatable bonds is 8. The standard InChI is InChI=1S/C17H23N7O4/c18-12(4-10-6-19-8-21-10)15(25)23-13(5-11-7-20-9-22-11)16(26)24-3-1-2-14(24)17(27)28/h6-9,12-14H,1-5,18H2,(H,19,21)(H,20,22)(H,23,25)(H,27,28)/t12-,13-,14+/m0/s1. The number of nitrogens with two attached hydrogens (primary N) is 1. The van der Waals surface area contributed by atoms with Crippen LogP contribution < -0.4 is 11.1 Å². The minimum Gasteiger partial charge on any atom is -0.480 e. The Labute approximate surface area is 160 Å². The zero-order valence-electron chi connectivity index (χ0n) is 15.2. The third-order valence-corrected chi connectivity index (χ3v) is 4.75. The normalized spacial score (nSPS) is 18.6. The molecule has 1 aliphatic heterocycles. The first kappa shape index (κ1) is 19.5. The van der Waals surface area contributed by atoms with Crippen molar-refractivity contribution >= 4 is 17.8 Å². The van der Waals surface area contributed by atoms with Gasteiger partial charge in [-0.15, -0.1) is 0 Å². The molecule has 2 aromatic heterocycles. The summed E-state index contributed by atoms with van der Waals surface area (Å²) in [7, 11) is 0. The molecule has 1 saturated heterocycles. The van der Waals surface area contributed by atoms with Crippen molar-refractivity contribution in [1.82, 2.24) is 30.2 Å². The van der Waals surface area contributed by atoms with Crippen LogP contribution in [0.1, 0.15) is 24.2 Å². The average molecular weight is 389 g/mol. The largest absolute Gasteiger partial charge is 0.480 e. The van der Waals surface area contributed by atoms with E-state index in [1.165, 1.54) is 17.6 Å². The second-order valence-corrected chi connectivity index (χ2v) is 6.76. The maximum absolute atomic E-state index is 13.0. The molecule has 0 aliphatic carbocycles. The van der Waals surface area contributed by atoms with Gasteiger partial charge in [-0.05, 0) is 12.8 Å². The molecule has 3 rings (SSSR count). The van der Waals surface area contributed by atoms with Crippen LogP contribution in [0.25, 0.3) is 0 Å². The highest BCUT2D eigenvalue weighted by atomic mass is 16.4. The topological polar surface area (TPSA) is 170 Å². The zero-order valence-corrected chi connectivity index (χ0v) is 15.2. The number of carbonyl (C=O) groups excluding carboxylic acids is 2. The summed E-state index contributed by atoms with van der Waals surface area (Å²) < 4.78 is 0. The highest BCUT2D eigenvalue weighted by molar-refractivity contribution is 5.92. The van der Waals surface area contributed by atoms with Gasteiger partial charge in [0, 0.05) is 43.2 Å². The lowest BCUT2D eigenvalue weighted by molar-refractivity contribution is -0.149. The van der Waals surface area contributed by atoms with E-state index in [0.29, 0.717) is 30.8 Å². The molecular weight excluding hydrogens is 366 g/mol. The monoisotopic (exact) mass is 389 g/mol. The van der Waals surface area contributed by atoms with Crippen molar-refractivity contribution in [3.05, 3.63) is 36.4 Å². The third kappa shape index (κ3) is 4.55. The fourth-order valence-electron chi connectivity index (χ4n) is 3.31. The van der Waals surface area contributed by atoms with Crippen LogP contribution in [0.4, 0.5) is 0 Å². The fraction of sp³-hybridized carbons (Fsp3) is 0.471. The van der Waals surface area contributed by atoms with Crippen LogP contribution >= 0.6 is 0 Å². The number of hydrogen-bond donors (Lipinski definition) is 5. The maximum atomic E-state index is 13.0. The summed E-state index contributed by atoms with van der Waals surface area (Å²) in [5.41, 5.74) is 7.30. The summed E-state index contributed by atoms with van der Waals surface area (Å²) in [4.78, 5) is 51.9. The quantitative estimate of drug-likeness (QED) is 0.378. The molecule has 150 valence electrons. The van der Waals surface area contributed by atoms with Crippen molar-refractivity contribution in [3.8, 4) is 0 Å². The number of H-pyrrole nitrogens is 2. The highest BCUT2D eigenvalue weighted by Gasteiger charge is 2.38. The number of nitrogens with zero attached hydrogens (tertiary/aromatic N) is 3. The molecule has 2 amide bonds. The molecule has 0 bridgehead atoms. The molecule has 6 N–H and O–H groups in total. The van der Waals surface area contributed by atoms with Crippen LogP contribution in [0, 0.1) is 0 Å². The minimum atomic E-state index is -1.05. The minimum absolute atomic E-state index is 0.157. The summed E-state index contributed by atoms with van der Waals surface area (Å²) in [6.45, 7) is 0.339. The van der Waals surface area contributed by atoms with Gasteiger partial charge >= 0.3 is 5.97 Å². The lowest BCUT2D eigenvalue weighted by Gasteiger charge is -2.27. The lowest BCUT2D eigenvalue weighted by atomic mass is 10.1. The number of aromatic nitrogens is 4. The van der Waals surface area contributed by atoms with Crippen molar-refractivity contribution in [2.45, 2.75) is 43.8 Å². The molecule has 0 saturated carbocycles. The summed E-state index contributed by atoms with van der Waals surface area (Å²) in [5, 5.41) is 12.0. The molecule has 28 heavy (non-hydrogen) atoms. The summed E-state index contributed by atoms with van der Waals surface area (Å²) in [6.07, 6.45) is 7.47. The molecule has 1 fully saturated rings. The van der Waals surface area contributed by atoms with E-state index in [4.69, 9.17) is 5.73 Å². The van der Waals surface area contributed by atoms with Gasteiger partial charge in [-0.2, -0.15) is 0 Å². The fourth-order valence-corrected chi connectivity index (χ4v) is 3.31. The molecule has 0 aromatic carbocycles. The first-order chi connectivity index (χ1) is 13.5. The van der Waals surface area contributed by atoms with E-state index in [1.807, 2.05) is 0 Å². The first-order valence-corrected chi connectivity index (χ1v) is 8.99. The number of carbonyl (C=O) groups is 3. The number of carboxylic acid groups (broad SMARTS) is 1. The zero-order chi connectivity index (χ0) is 20.1. The predicted octanol–water partition coefficient (Wildman–Crippen LogP) is -1.19. The van der Waals surface area contributed by atoms with Crippen LogP contribution in [0.3, 0.4) is 0 Å². The third-order valence-electron chi connectivity index (χ3n) is 4.75. The summed E-state index contributed by atoms with van der Waals surface area (Å²) >= 11 is 0. The Hall–Kier alpha value is -3.21. The van der Waals surface area contributed by atoms with Crippen LogP contribution in [0.5, 0.6) is 0 Å². The van der Waals surface area contributed by atoms with Crippen molar-refractivity contribution in [2.24, 2.45) is 5.73 Å². The van der Waals surface area contributed by atoms with Gasteiger partial charge in [-0.3, -0.25) is 9.59 Å². The van der Waals surface area contributed by atoms with E-state index in [1.54, 1.807) is 12.4 Å². The van der Waals surface area contributed by atoms with Gasteiger partial charge in [0.1, 0.15) is 12.1 Å². The van der Waals surface area contributed by atoms with E-state index in [-0.39, 0.29) is 12.8 Å². The average Bonchev–Trinajstić information content (AvgIpc) is 3.42. The number of aromatic amines is 2. The first-order valence-electron chi connectivity index (χ1n) is 8.99. The van der Waals surface area contributed by atoms with Crippen LogP contribution in [0.15, 0.2) is 25.0 Å². The molecule has 0 unspecified atom stereocenters. The second kappa shape index (κ2) is 8.65. The number of likely N-dealkylation sites (tertiary alicyclic amines) is 1. The molecule has 2 aromatic rings. The number of imidazole rings is 2. The number of hydrogen-bond acceptors (Lipinski definition) is 6. The molecule has 3 heterocycles. The van der Waals surface area contributed by atoms with Crippen LogP contribution in [0.2, 0.25) is 0 Å². The van der Waals surface area contributed by atoms with Crippen molar-refractivity contribution in [1.29, 1.82) is 0 Å². The molecule has 1 aliphatic rings. The van der Waals surface area contributed by atoms with Gasteiger partial charge in [-0.1, -0.05) is 0 Å². The predicted molar refractivity (Wildman–Crippen MR) is 96.9 cm³/mol. The van der Waals surface area contributed by atoms with Gasteiger partial charge < -0.3 is 31.0 Å². The number of carboxylic acids is 1. The van der Waals surface area contributed by atoms with E-state index in [9.17, 15) is 19.5 Å². The number of aliphatic carboxylic acids is 1. The Balaban J connectivity index is 1.72. The summed E-state index contributed by atoms with van der Waals surface area (Å²) in [6, 6.07) is -2.71. The van der Waals surface area contributed by atoms with E-state index in [2.05, 4.69) is 25.3 Å². The van der Waals surface area contributed by atoms with E-state index < -0.39 is 35.9 Å². The Morgan fingerprint density at radius 3 is 2.43 bits per heavy atom. The molecule has 3 atom stereocenters. The Kier molecular flexibility index (Phi) is 6.04. The van der Waals surface area contributed by atoms with E-state index in [0.717, 1.165) is 0 Å². The van der Waals surface area contributed by atoms with Gasteiger partial charge in [0.15, 0.2) is 0 Å². The number of nitrogens with one attached hydrogen (secondary N) is 3. The Morgan fingerprint density at radius 1 is 1.21 bits per heavy atom. The van der Waals surface area contributed by atoms with Gasteiger partial charge in [0.2, 0.25) is 11.8 Å². The van der Waals surface area contributed by atoms with Crippen molar-refractivity contribution in [3.63, 3.8) is 0 Å². The molecule has 0 radical (unpaired) electrons. The Bertz CT molecular complexity index is 806. The SMILES string of the molecule is N[C@@H](Cc1cnc[nH]1)C(=O)N[C@@H](Cc1cnc[nH]1)C(=O)N1CCC[C@@H]1C(=O)O. The molecular formula is C17H23N7O4. The highest BCUT2D eigenvalue weighted by Crippen LogP contribution is 2.19. The smallest absolute Gasteiger partial charge is 0.326 e.